The lowest BCUT2D eigenvalue weighted by Gasteiger charge is -1.80. The standard InChI is InChI=1S/C4H4O4S/c5-3-1-2-4(6)9(3,7)8/h1-2H2. The number of carbonyl (C=O) groups is 2. The number of hydrogen-bond donors (Lipinski definition) is 0. The van der Waals surface area contributed by atoms with Crippen molar-refractivity contribution >= 4 is 20.1 Å². The van der Waals surface area contributed by atoms with Crippen molar-refractivity contribution in [1.29, 1.82) is 0 Å². The molecule has 1 aliphatic heterocycles. The van der Waals surface area contributed by atoms with Crippen LogP contribution < -0.4 is 0 Å². The first-order valence-corrected chi connectivity index (χ1v) is 3.84. The van der Waals surface area contributed by atoms with Gasteiger partial charge in [0.15, 0.2) is 0 Å². The highest BCUT2D eigenvalue weighted by atomic mass is 32.2. The Kier molecular flexibility index (Phi) is 1.16. The fraction of sp³-hybridized carbons (Fsp3) is 0.500. The Balaban J connectivity index is 3.23. The van der Waals surface area contributed by atoms with Crippen molar-refractivity contribution in [2.75, 3.05) is 0 Å². The minimum atomic E-state index is -3.98. The maximum atomic E-state index is 10.4. The quantitative estimate of drug-likeness (QED) is 0.453. The largest absolute Gasteiger partial charge is 0.281 e. The number of rotatable bonds is 0. The predicted octanol–water partition coefficient (Wildman–Crippen LogP) is -0.752. The molecule has 0 aromatic rings. The lowest BCUT2D eigenvalue weighted by atomic mass is 10.4. The van der Waals surface area contributed by atoms with Gasteiger partial charge in [0.25, 0.3) is 20.1 Å². The Morgan fingerprint density at radius 2 is 1.33 bits per heavy atom. The molecule has 1 saturated heterocycles. The Hall–Kier alpha value is -0.710. The maximum Gasteiger partial charge on any atom is 0.273 e. The smallest absolute Gasteiger partial charge is 0.273 e. The van der Waals surface area contributed by atoms with Crippen molar-refractivity contribution in [3.8, 4) is 0 Å². The van der Waals surface area contributed by atoms with Crippen LogP contribution in [-0.2, 0) is 19.4 Å². The molecule has 0 atom stereocenters. The van der Waals surface area contributed by atoms with Crippen molar-refractivity contribution in [3.63, 3.8) is 0 Å². The van der Waals surface area contributed by atoms with Crippen LogP contribution in [0, 0.1) is 0 Å². The molecule has 0 unspecified atom stereocenters. The highest BCUT2D eigenvalue weighted by molar-refractivity contribution is 8.19. The first kappa shape index (κ1) is 6.41. The van der Waals surface area contributed by atoms with Crippen LogP contribution in [0.4, 0.5) is 0 Å². The molecule has 9 heavy (non-hydrogen) atoms. The zero-order chi connectivity index (χ0) is 7.07. The molecule has 4 nitrogen and oxygen atoms in total. The van der Waals surface area contributed by atoms with E-state index in [0.717, 1.165) is 0 Å². The van der Waals surface area contributed by atoms with Gasteiger partial charge in [-0.1, -0.05) is 0 Å². The number of sulfone groups is 1. The summed E-state index contributed by atoms with van der Waals surface area (Å²) in [5.74, 6) is 0. The van der Waals surface area contributed by atoms with Crippen LogP contribution in [0.1, 0.15) is 12.8 Å². The summed E-state index contributed by atoms with van der Waals surface area (Å²) in [7, 11) is -3.98. The Morgan fingerprint density at radius 1 is 1.00 bits per heavy atom. The molecule has 0 bridgehead atoms. The molecule has 1 heterocycles. The van der Waals surface area contributed by atoms with E-state index >= 15 is 0 Å². The molecule has 0 radical (unpaired) electrons. The van der Waals surface area contributed by atoms with E-state index in [1.165, 1.54) is 0 Å². The summed E-state index contributed by atoms with van der Waals surface area (Å²) in [5.41, 5.74) is 0. The molecule has 0 aromatic heterocycles. The van der Waals surface area contributed by atoms with E-state index in [4.69, 9.17) is 0 Å². The van der Waals surface area contributed by atoms with Gasteiger partial charge < -0.3 is 0 Å². The fourth-order valence-electron chi connectivity index (χ4n) is 0.600. The molecule has 0 spiro atoms. The third-order valence-corrected chi connectivity index (χ3v) is 2.74. The predicted molar refractivity (Wildman–Crippen MR) is 28.2 cm³/mol. The minimum Gasteiger partial charge on any atom is -0.281 e. The van der Waals surface area contributed by atoms with Crippen LogP contribution in [0.15, 0.2) is 0 Å². The van der Waals surface area contributed by atoms with Gasteiger partial charge >= 0.3 is 0 Å². The number of hydrogen-bond acceptors (Lipinski definition) is 4. The van der Waals surface area contributed by atoms with E-state index in [1.807, 2.05) is 0 Å². The minimum absolute atomic E-state index is 0.138. The van der Waals surface area contributed by atoms with E-state index in [1.54, 1.807) is 0 Å². The normalized spacial score (nSPS) is 24.9. The van der Waals surface area contributed by atoms with Gasteiger partial charge in [-0.15, -0.1) is 0 Å². The monoisotopic (exact) mass is 148 g/mol. The van der Waals surface area contributed by atoms with Crippen molar-refractivity contribution in [3.05, 3.63) is 0 Å². The van der Waals surface area contributed by atoms with Gasteiger partial charge in [0.05, 0.1) is 0 Å². The second-order valence-corrected chi connectivity index (χ2v) is 3.67. The summed E-state index contributed by atoms with van der Waals surface area (Å²) in [6, 6.07) is 0. The summed E-state index contributed by atoms with van der Waals surface area (Å²) in [5, 5.41) is -1.87. The lowest BCUT2D eigenvalue weighted by Crippen LogP contribution is -2.12. The van der Waals surface area contributed by atoms with E-state index in [2.05, 4.69) is 0 Å². The first-order valence-electron chi connectivity index (χ1n) is 2.36. The molecule has 50 valence electrons. The van der Waals surface area contributed by atoms with Crippen molar-refractivity contribution in [2.24, 2.45) is 0 Å². The SMILES string of the molecule is O=C1CCC(=O)S1(=O)=O. The zero-order valence-electron chi connectivity index (χ0n) is 4.46. The summed E-state index contributed by atoms with van der Waals surface area (Å²) in [6.07, 6.45) is -0.275. The second kappa shape index (κ2) is 1.63. The van der Waals surface area contributed by atoms with Gasteiger partial charge in [0.1, 0.15) is 0 Å². The molecule has 0 N–H and O–H groups in total. The second-order valence-electron chi connectivity index (χ2n) is 1.75. The van der Waals surface area contributed by atoms with Crippen molar-refractivity contribution < 1.29 is 18.0 Å². The van der Waals surface area contributed by atoms with E-state index in [0.29, 0.717) is 0 Å². The highest BCUT2D eigenvalue weighted by Crippen LogP contribution is 2.13. The molecule has 0 amide bonds. The topological polar surface area (TPSA) is 68.3 Å². The van der Waals surface area contributed by atoms with Crippen LogP contribution in [0.2, 0.25) is 0 Å². The molecule has 0 saturated carbocycles. The van der Waals surface area contributed by atoms with Gasteiger partial charge in [-0.2, -0.15) is 0 Å². The zero-order valence-corrected chi connectivity index (χ0v) is 5.27. The average molecular weight is 148 g/mol. The third kappa shape index (κ3) is 0.769. The lowest BCUT2D eigenvalue weighted by molar-refractivity contribution is -0.112. The third-order valence-electron chi connectivity index (χ3n) is 1.13. The van der Waals surface area contributed by atoms with E-state index in [9.17, 15) is 18.0 Å². The number of carbonyl (C=O) groups excluding carboxylic acids is 2. The summed E-state index contributed by atoms with van der Waals surface area (Å²) < 4.78 is 20.8. The molecular formula is C4H4O4S. The fourth-order valence-corrected chi connectivity index (χ4v) is 1.60. The summed E-state index contributed by atoms with van der Waals surface area (Å²) in [4.78, 5) is 20.6. The average Bonchev–Trinajstić information content (AvgIpc) is 1.96. The molecule has 0 aromatic carbocycles. The Labute approximate surface area is 51.8 Å². The van der Waals surface area contributed by atoms with E-state index in [-0.39, 0.29) is 12.8 Å². The van der Waals surface area contributed by atoms with Gasteiger partial charge in [-0.3, -0.25) is 9.59 Å². The molecule has 5 heteroatoms. The first-order chi connectivity index (χ1) is 4.05. The molecule has 1 fully saturated rings. The van der Waals surface area contributed by atoms with Gasteiger partial charge in [-0.05, 0) is 0 Å². The summed E-state index contributed by atoms with van der Waals surface area (Å²) >= 11 is 0. The Bertz CT molecular complexity index is 238. The van der Waals surface area contributed by atoms with Crippen LogP contribution >= 0.6 is 0 Å². The van der Waals surface area contributed by atoms with Gasteiger partial charge in [0.2, 0.25) is 0 Å². The molecule has 1 rings (SSSR count). The van der Waals surface area contributed by atoms with Crippen LogP contribution in [0.5, 0.6) is 0 Å². The van der Waals surface area contributed by atoms with E-state index < -0.39 is 20.1 Å². The van der Waals surface area contributed by atoms with Crippen molar-refractivity contribution in [1.82, 2.24) is 0 Å². The van der Waals surface area contributed by atoms with Crippen LogP contribution in [0.25, 0.3) is 0 Å². The van der Waals surface area contributed by atoms with Crippen molar-refractivity contribution in [2.45, 2.75) is 12.8 Å². The highest BCUT2D eigenvalue weighted by Gasteiger charge is 2.37. The molecular weight excluding hydrogens is 144 g/mol. The molecule has 0 aliphatic carbocycles. The van der Waals surface area contributed by atoms with Crippen LogP contribution in [-0.4, -0.2) is 18.6 Å². The van der Waals surface area contributed by atoms with Crippen LogP contribution in [0.3, 0.4) is 0 Å². The Morgan fingerprint density at radius 3 is 1.44 bits per heavy atom. The van der Waals surface area contributed by atoms with Gasteiger partial charge in [0, 0.05) is 12.8 Å². The molecule has 1 aliphatic rings. The van der Waals surface area contributed by atoms with Gasteiger partial charge in [-0.25, -0.2) is 8.42 Å². The summed E-state index contributed by atoms with van der Waals surface area (Å²) in [6.45, 7) is 0. The maximum absolute atomic E-state index is 10.4.